The molecular formula is C27H20N2O2S. The van der Waals surface area contributed by atoms with Gasteiger partial charge in [-0.15, -0.1) is 0 Å². The molecule has 0 saturated heterocycles. The molecule has 0 saturated carbocycles. The zero-order valence-electron chi connectivity index (χ0n) is 17.2. The summed E-state index contributed by atoms with van der Waals surface area (Å²) in [6.07, 6.45) is 2.00. The molecule has 1 aromatic heterocycles. The van der Waals surface area contributed by atoms with Crippen molar-refractivity contribution in [2.24, 2.45) is 0 Å². The smallest absolute Gasteiger partial charge is 0.321 e. The van der Waals surface area contributed by atoms with Crippen molar-refractivity contribution in [3.8, 4) is 22.7 Å². The number of benzene rings is 4. The van der Waals surface area contributed by atoms with Crippen LogP contribution in [-0.2, 0) is 4.79 Å². The van der Waals surface area contributed by atoms with Gasteiger partial charge in [0.05, 0.1) is 11.4 Å². The van der Waals surface area contributed by atoms with Gasteiger partial charge in [0.2, 0.25) is 0 Å². The first-order valence-electron chi connectivity index (χ1n) is 10.3. The van der Waals surface area contributed by atoms with Gasteiger partial charge in [-0.3, -0.25) is 9.36 Å². The molecule has 0 aliphatic carbocycles. The van der Waals surface area contributed by atoms with Crippen LogP contribution in [0.5, 0.6) is 5.75 Å². The number of para-hydroxylation sites is 1. The van der Waals surface area contributed by atoms with Crippen LogP contribution in [0.15, 0.2) is 114 Å². The summed E-state index contributed by atoms with van der Waals surface area (Å²) in [5.41, 5.74) is 2.88. The van der Waals surface area contributed by atoms with Crippen LogP contribution in [0.3, 0.4) is 0 Å². The second kappa shape index (κ2) is 9.12. The number of rotatable bonds is 6. The highest BCUT2D eigenvalue weighted by Gasteiger charge is 2.15. The van der Waals surface area contributed by atoms with Crippen LogP contribution in [-0.4, -0.2) is 21.3 Å². The van der Waals surface area contributed by atoms with Gasteiger partial charge in [-0.25, -0.2) is 4.98 Å². The SMILES string of the molecule is O=C(CSc1nc(-c2ccccc2)cn1-c1ccccc1)Oc1cccc2ccccc12. The standard InChI is InChI=1S/C27H20N2O2S/c30-26(31-25-17-9-13-20-10-7-8-16-23(20)25)19-32-27-28-24(21-11-3-1-4-12-21)18-29(27)22-14-5-2-6-15-22/h1-18H,19H2. The molecule has 4 aromatic carbocycles. The molecule has 156 valence electrons. The van der Waals surface area contributed by atoms with Gasteiger partial charge in [0.25, 0.3) is 0 Å². The number of carbonyl (C=O) groups excluding carboxylic acids is 1. The Hall–Kier alpha value is -3.83. The third-order valence-corrected chi connectivity index (χ3v) is 6.00. The van der Waals surface area contributed by atoms with Crippen molar-refractivity contribution in [3.05, 3.63) is 109 Å². The molecule has 1 heterocycles. The molecule has 0 N–H and O–H groups in total. The van der Waals surface area contributed by atoms with Crippen LogP contribution in [0, 0.1) is 0 Å². The van der Waals surface area contributed by atoms with Crippen molar-refractivity contribution in [3.63, 3.8) is 0 Å². The Morgan fingerprint density at radius 2 is 1.50 bits per heavy atom. The molecule has 0 amide bonds. The van der Waals surface area contributed by atoms with E-state index in [2.05, 4.69) is 0 Å². The van der Waals surface area contributed by atoms with E-state index >= 15 is 0 Å². The van der Waals surface area contributed by atoms with E-state index in [1.807, 2.05) is 114 Å². The number of esters is 1. The average molecular weight is 437 g/mol. The molecule has 5 heteroatoms. The largest absolute Gasteiger partial charge is 0.425 e. The number of fused-ring (bicyclic) bond motifs is 1. The van der Waals surface area contributed by atoms with Crippen LogP contribution < -0.4 is 4.74 Å². The Kier molecular flexibility index (Phi) is 5.73. The maximum atomic E-state index is 12.7. The minimum absolute atomic E-state index is 0.154. The maximum absolute atomic E-state index is 12.7. The fourth-order valence-electron chi connectivity index (χ4n) is 3.55. The minimum Gasteiger partial charge on any atom is -0.425 e. The fraction of sp³-hybridized carbons (Fsp3) is 0.0370. The second-order valence-corrected chi connectivity index (χ2v) is 8.16. The molecule has 0 aliphatic rings. The predicted molar refractivity (Wildman–Crippen MR) is 129 cm³/mol. The third-order valence-electron chi connectivity index (χ3n) is 5.07. The van der Waals surface area contributed by atoms with Gasteiger partial charge < -0.3 is 4.74 Å². The Balaban J connectivity index is 1.38. The van der Waals surface area contributed by atoms with E-state index in [-0.39, 0.29) is 11.7 Å². The molecule has 32 heavy (non-hydrogen) atoms. The molecule has 0 aliphatic heterocycles. The van der Waals surface area contributed by atoms with Crippen LogP contribution in [0.2, 0.25) is 0 Å². The molecule has 0 unspecified atom stereocenters. The lowest BCUT2D eigenvalue weighted by Crippen LogP contribution is -2.11. The lowest BCUT2D eigenvalue weighted by molar-refractivity contribution is -0.131. The third kappa shape index (κ3) is 4.29. The molecule has 0 spiro atoms. The van der Waals surface area contributed by atoms with E-state index in [9.17, 15) is 4.79 Å². The van der Waals surface area contributed by atoms with Crippen LogP contribution in [0.4, 0.5) is 0 Å². The number of hydrogen-bond acceptors (Lipinski definition) is 4. The summed E-state index contributed by atoms with van der Waals surface area (Å²) in [4.78, 5) is 17.5. The molecule has 0 fully saturated rings. The summed E-state index contributed by atoms with van der Waals surface area (Å²) < 4.78 is 7.70. The van der Waals surface area contributed by atoms with Crippen molar-refractivity contribution >= 4 is 28.5 Å². The van der Waals surface area contributed by atoms with Gasteiger partial charge in [-0.2, -0.15) is 0 Å². The van der Waals surface area contributed by atoms with Crippen molar-refractivity contribution in [1.29, 1.82) is 0 Å². The normalized spacial score (nSPS) is 10.9. The highest BCUT2D eigenvalue weighted by Crippen LogP contribution is 2.29. The molecule has 4 nitrogen and oxygen atoms in total. The number of ether oxygens (including phenoxy) is 1. The molecular weight excluding hydrogens is 416 g/mol. The predicted octanol–water partition coefficient (Wildman–Crippen LogP) is 6.39. The van der Waals surface area contributed by atoms with E-state index in [0.29, 0.717) is 5.75 Å². The summed E-state index contributed by atoms with van der Waals surface area (Å²) in [5, 5.41) is 2.70. The van der Waals surface area contributed by atoms with Crippen LogP contribution in [0.1, 0.15) is 0 Å². The van der Waals surface area contributed by atoms with Gasteiger partial charge in [0.1, 0.15) is 5.75 Å². The zero-order chi connectivity index (χ0) is 21.8. The Bertz CT molecular complexity index is 1360. The maximum Gasteiger partial charge on any atom is 0.321 e. The van der Waals surface area contributed by atoms with Crippen LogP contribution in [0.25, 0.3) is 27.7 Å². The topological polar surface area (TPSA) is 44.1 Å². The highest BCUT2D eigenvalue weighted by molar-refractivity contribution is 7.99. The number of carbonyl (C=O) groups is 1. The molecule has 0 atom stereocenters. The lowest BCUT2D eigenvalue weighted by Gasteiger charge is -2.09. The first-order valence-corrected chi connectivity index (χ1v) is 11.3. The summed E-state index contributed by atoms with van der Waals surface area (Å²) in [7, 11) is 0. The van der Waals surface area contributed by atoms with Crippen LogP contribution >= 0.6 is 11.8 Å². The van der Waals surface area contributed by atoms with E-state index in [1.165, 1.54) is 11.8 Å². The lowest BCUT2D eigenvalue weighted by atomic mass is 10.1. The molecule has 5 rings (SSSR count). The van der Waals surface area contributed by atoms with Gasteiger partial charge in [0.15, 0.2) is 5.16 Å². The van der Waals surface area contributed by atoms with Gasteiger partial charge in [0, 0.05) is 22.8 Å². The number of hydrogen-bond donors (Lipinski definition) is 0. The number of imidazole rings is 1. The monoisotopic (exact) mass is 436 g/mol. The summed E-state index contributed by atoms with van der Waals surface area (Å²) >= 11 is 1.37. The summed E-state index contributed by atoms with van der Waals surface area (Å²) in [5.74, 6) is 0.418. The summed E-state index contributed by atoms with van der Waals surface area (Å²) in [6.45, 7) is 0. The highest BCUT2D eigenvalue weighted by atomic mass is 32.2. The zero-order valence-corrected chi connectivity index (χ0v) is 18.0. The average Bonchev–Trinajstić information content (AvgIpc) is 3.28. The Morgan fingerprint density at radius 1 is 0.812 bits per heavy atom. The first kappa shape index (κ1) is 20.1. The molecule has 0 radical (unpaired) electrons. The van der Waals surface area contributed by atoms with E-state index < -0.39 is 0 Å². The van der Waals surface area contributed by atoms with Crippen molar-refractivity contribution in [1.82, 2.24) is 9.55 Å². The quantitative estimate of drug-likeness (QED) is 0.176. The van der Waals surface area contributed by atoms with Gasteiger partial charge >= 0.3 is 5.97 Å². The number of nitrogens with zero attached hydrogens (tertiary/aromatic N) is 2. The first-order chi connectivity index (χ1) is 15.8. The van der Waals surface area contributed by atoms with Gasteiger partial charge in [-0.05, 0) is 23.6 Å². The number of thioether (sulfide) groups is 1. The summed E-state index contributed by atoms with van der Waals surface area (Å²) in [6, 6.07) is 33.6. The van der Waals surface area contributed by atoms with Crippen molar-refractivity contribution < 1.29 is 9.53 Å². The van der Waals surface area contributed by atoms with E-state index in [0.717, 1.165) is 32.9 Å². The van der Waals surface area contributed by atoms with Crippen molar-refractivity contribution in [2.75, 3.05) is 5.75 Å². The molecule has 5 aromatic rings. The Morgan fingerprint density at radius 3 is 2.31 bits per heavy atom. The van der Waals surface area contributed by atoms with E-state index in [1.54, 1.807) is 0 Å². The molecule has 0 bridgehead atoms. The van der Waals surface area contributed by atoms with Crippen molar-refractivity contribution in [2.45, 2.75) is 5.16 Å². The minimum atomic E-state index is -0.310. The number of aromatic nitrogens is 2. The second-order valence-electron chi connectivity index (χ2n) is 7.22. The van der Waals surface area contributed by atoms with Gasteiger partial charge in [-0.1, -0.05) is 96.7 Å². The Labute approximate surface area is 190 Å². The van der Waals surface area contributed by atoms with E-state index in [4.69, 9.17) is 9.72 Å². The fourth-order valence-corrected chi connectivity index (χ4v) is 4.31.